The fourth-order valence-corrected chi connectivity index (χ4v) is 4.63. The molecule has 16 heteroatoms. The van der Waals surface area contributed by atoms with Crippen LogP contribution in [0.15, 0.2) is 99.9 Å². The Morgan fingerprint density at radius 3 is 2.39 bits per heavy atom. The van der Waals surface area contributed by atoms with E-state index in [1.165, 1.54) is 24.6 Å². The molecule has 0 aliphatic carbocycles. The Labute approximate surface area is 244 Å². The summed E-state index contributed by atoms with van der Waals surface area (Å²) in [7, 11) is 0. The van der Waals surface area contributed by atoms with Gasteiger partial charge in [-0.15, -0.1) is 11.3 Å². The fraction of sp³-hybridized carbons (Fsp3) is 0.0400. The minimum absolute atomic E-state index is 0.199. The molecule has 41 heavy (non-hydrogen) atoms. The van der Waals surface area contributed by atoms with Gasteiger partial charge in [-0.05, 0) is 47.7 Å². The number of nitrogens with zero attached hydrogens (tertiary/aromatic N) is 4. The maximum absolute atomic E-state index is 13.4. The Kier molecular flexibility index (Phi) is 8.82. The predicted molar refractivity (Wildman–Crippen MR) is 149 cm³/mol. The first-order chi connectivity index (χ1) is 19.7. The molecular weight excluding hydrogens is 620 g/mol. The third kappa shape index (κ3) is 6.79. The van der Waals surface area contributed by atoms with E-state index >= 15 is 0 Å². The molecule has 1 aliphatic rings. The summed E-state index contributed by atoms with van der Waals surface area (Å²) < 4.78 is 0.857. The Morgan fingerprint density at radius 1 is 1.05 bits per heavy atom. The number of rotatable bonds is 10. The molecule has 1 aromatic heterocycles. The Balaban J connectivity index is 1.74. The lowest BCUT2D eigenvalue weighted by molar-refractivity contribution is -0.393. The van der Waals surface area contributed by atoms with Crippen molar-refractivity contribution in [3.8, 4) is 17.3 Å². The number of anilines is 1. The number of non-ortho nitro benzene ring substituents is 1. The first kappa shape index (κ1) is 28.6. The van der Waals surface area contributed by atoms with Gasteiger partial charge in [-0.2, -0.15) is 5.26 Å². The summed E-state index contributed by atoms with van der Waals surface area (Å²) in [5, 5.41) is 65.8. The number of nitro groups is 2. The number of hydrogen-bond acceptors (Lipinski definition) is 13. The normalized spacial score (nSPS) is 13.3. The zero-order chi connectivity index (χ0) is 29.5. The van der Waals surface area contributed by atoms with Crippen molar-refractivity contribution in [3.05, 3.63) is 125 Å². The summed E-state index contributed by atoms with van der Waals surface area (Å²) in [6.07, 6.45) is 5.97. The van der Waals surface area contributed by atoms with Gasteiger partial charge in [0.1, 0.15) is 16.6 Å². The zero-order valence-corrected chi connectivity index (χ0v) is 22.9. The lowest BCUT2D eigenvalue weighted by atomic mass is 10.1. The number of halogens is 1. The largest absolute Gasteiger partial charge is 0.859 e. The Hall–Kier alpha value is -5.40. The number of hydrogen-bond donors (Lipinski definition) is 4. The van der Waals surface area contributed by atoms with Crippen LogP contribution in [0.25, 0.3) is 11.3 Å². The molecule has 2 heterocycles. The van der Waals surface area contributed by atoms with Crippen molar-refractivity contribution in [2.24, 2.45) is 0 Å². The van der Waals surface area contributed by atoms with Gasteiger partial charge in [-0.1, -0.05) is 28.1 Å². The fourth-order valence-electron chi connectivity index (χ4n) is 3.49. The molecule has 1 aliphatic heterocycles. The second kappa shape index (κ2) is 12.6. The highest BCUT2D eigenvalue weighted by Crippen LogP contribution is 2.33. The molecule has 0 spiro atoms. The second-order valence-electron chi connectivity index (χ2n) is 8.09. The number of aromatic nitrogens is 1. The van der Waals surface area contributed by atoms with E-state index in [4.69, 9.17) is 0 Å². The summed E-state index contributed by atoms with van der Waals surface area (Å²) >= 11 is 4.45. The Morgan fingerprint density at radius 2 is 1.76 bits per heavy atom. The molecule has 0 bridgehead atoms. The van der Waals surface area contributed by atoms with Crippen LogP contribution in [0, 0.1) is 31.6 Å². The van der Waals surface area contributed by atoms with Crippen molar-refractivity contribution < 1.29 is 20.1 Å². The molecule has 0 saturated carbocycles. The summed E-state index contributed by atoms with van der Waals surface area (Å²) in [6, 6.07) is 11.9. The lowest BCUT2D eigenvalue weighted by Gasteiger charge is -2.27. The molecular formula is C25H17BrN8O6S-2. The van der Waals surface area contributed by atoms with Gasteiger partial charge in [0, 0.05) is 33.9 Å². The molecule has 208 valence electrons. The van der Waals surface area contributed by atoms with Gasteiger partial charge in [-0.25, -0.2) is 4.98 Å². The van der Waals surface area contributed by atoms with Crippen molar-refractivity contribution in [3.63, 3.8) is 0 Å². The number of hydrazine groups is 1. The van der Waals surface area contributed by atoms with Crippen LogP contribution >= 0.6 is 27.3 Å². The highest BCUT2D eigenvalue weighted by Gasteiger charge is 2.24. The average molecular weight is 637 g/mol. The SMILES string of the molecule is N#CC(C(NNC([O-])=C1C=CNC=C1)=C([O-])Nc1ccc([N+](=O)[O-])cc1[N+](=O)[O-])c1nc(-c2ccc(Br)cc2)cs1. The van der Waals surface area contributed by atoms with Crippen molar-refractivity contribution in [2.75, 3.05) is 5.32 Å². The van der Waals surface area contributed by atoms with Crippen LogP contribution in [0.4, 0.5) is 17.1 Å². The van der Waals surface area contributed by atoms with Gasteiger partial charge < -0.3 is 31.7 Å². The molecule has 2 aromatic carbocycles. The smallest absolute Gasteiger partial charge is 0.299 e. The van der Waals surface area contributed by atoms with E-state index in [0.29, 0.717) is 11.8 Å². The minimum atomic E-state index is -1.34. The summed E-state index contributed by atoms with van der Waals surface area (Å²) in [6.45, 7) is 0. The zero-order valence-electron chi connectivity index (χ0n) is 20.5. The molecule has 1 atom stereocenters. The summed E-state index contributed by atoms with van der Waals surface area (Å²) in [5.74, 6) is -3.00. The van der Waals surface area contributed by atoms with E-state index in [2.05, 4.69) is 42.4 Å². The van der Waals surface area contributed by atoms with E-state index in [1.807, 2.05) is 30.3 Å². The molecule has 0 saturated heterocycles. The van der Waals surface area contributed by atoms with Crippen LogP contribution in [0.5, 0.6) is 0 Å². The third-order valence-electron chi connectivity index (χ3n) is 5.50. The van der Waals surface area contributed by atoms with Crippen LogP contribution in [0.2, 0.25) is 0 Å². The number of nitrogens with one attached hydrogen (secondary N) is 4. The Bertz CT molecular complexity index is 1640. The van der Waals surface area contributed by atoms with Crippen LogP contribution in [0.3, 0.4) is 0 Å². The van der Waals surface area contributed by atoms with Crippen LogP contribution in [0.1, 0.15) is 10.9 Å². The maximum Gasteiger partial charge on any atom is 0.299 e. The van der Waals surface area contributed by atoms with Gasteiger partial charge in [0.05, 0.1) is 33.4 Å². The second-order valence-corrected chi connectivity index (χ2v) is 9.90. The molecule has 1 unspecified atom stereocenters. The van der Waals surface area contributed by atoms with Gasteiger partial charge in [0.15, 0.2) is 0 Å². The highest BCUT2D eigenvalue weighted by molar-refractivity contribution is 9.10. The van der Waals surface area contributed by atoms with Gasteiger partial charge >= 0.3 is 0 Å². The van der Waals surface area contributed by atoms with Crippen molar-refractivity contribution >= 4 is 44.3 Å². The van der Waals surface area contributed by atoms with E-state index in [1.54, 1.807) is 5.38 Å². The molecule has 14 nitrogen and oxygen atoms in total. The number of thiazole rings is 1. The summed E-state index contributed by atoms with van der Waals surface area (Å²) in [5.41, 5.74) is 4.29. The minimum Gasteiger partial charge on any atom is -0.859 e. The number of nitriles is 1. The number of dihydropyridines is 1. The van der Waals surface area contributed by atoms with Gasteiger partial charge in [0.2, 0.25) is 0 Å². The predicted octanol–water partition coefficient (Wildman–Crippen LogP) is 2.93. The van der Waals surface area contributed by atoms with Crippen LogP contribution in [-0.2, 0) is 0 Å². The standard InChI is InChI=1S/C25H19BrN8O6S/c26-16-3-1-14(2-4-16)20-13-41-25(30-20)18(12-27)22(31-32-23(35)15-7-9-28-10-8-15)24(36)29-19-6-5-17(33(37)38)11-21(19)34(39)40/h1-11,13,18,28-29,31-32,35-36H/p-2. The third-order valence-corrected chi connectivity index (χ3v) is 6.94. The lowest BCUT2D eigenvalue weighted by Crippen LogP contribution is -2.40. The average Bonchev–Trinajstić information content (AvgIpc) is 3.45. The molecule has 4 rings (SSSR count). The monoisotopic (exact) mass is 636 g/mol. The quantitative estimate of drug-likeness (QED) is 0.143. The highest BCUT2D eigenvalue weighted by atomic mass is 79.9. The van der Waals surface area contributed by atoms with Gasteiger partial charge in [-0.3, -0.25) is 20.2 Å². The van der Waals surface area contributed by atoms with Gasteiger partial charge in [0.25, 0.3) is 11.4 Å². The summed E-state index contributed by atoms with van der Waals surface area (Å²) in [4.78, 5) is 25.4. The van der Waals surface area contributed by atoms with Crippen molar-refractivity contribution in [2.45, 2.75) is 5.92 Å². The van der Waals surface area contributed by atoms with Crippen molar-refractivity contribution in [1.29, 1.82) is 5.26 Å². The number of allylic oxidation sites excluding steroid dienone is 4. The van der Waals surface area contributed by atoms with Crippen LogP contribution < -0.4 is 31.7 Å². The number of benzene rings is 2. The molecule has 4 N–H and O–H groups in total. The first-order valence-corrected chi connectivity index (χ1v) is 13.1. The van der Waals surface area contributed by atoms with Crippen LogP contribution in [-0.4, -0.2) is 14.8 Å². The number of nitro benzene ring substituents is 2. The van der Waals surface area contributed by atoms with E-state index in [0.717, 1.165) is 33.5 Å². The van der Waals surface area contributed by atoms with Crippen molar-refractivity contribution in [1.82, 2.24) is 21.2 Å². The maximum atomic E-state index is 13.4. The van der Waals surface area contributed by atoms with E-state index < -0.39 is 44.6 Å². The van der Waals surface area contributed by atoms with E-state index in [9.17, 15) is 35.7 Å². The molecule has 0 radical (unpaired) electrons. The molecule has 0 amide bonds. The molecule has 3 aromatic rings. The van der Waals surface area contributed by atoms with E-state index in [-0.39, 0.29) is 16.3 Å². The first-order valence-electron chi connectivity index (χ1n) is 11.4. The molecule has 0 fully saturated rings. The topological polar surface area (TPSA) is 217 Å².